The molecule has 1 aromatic heterocycles. The molecule has 94 valence electrons. The third-order valence-corrected chi connectivity index (χ3v) is 3.16. The highest BCUT2D eigenvalue weighted by Gasteiger charge is 2.11. The highest BCUT2D eigenvalue weighted by Crippen LogP contribution is 2.31. The van der Waals surface area contributed by atoms with Crippen LogP contribution in [0.5, 0.6) is 0 Å². The first-order valence-electron chi connectivity index (χ1n) is 5.80. The Labute approximate surface area is 108 Å². The number of nitro benzene ring substituents is 1. The topological polar surface area (TPSA) is 82.0 Å². The lowest BCUT2D eigenvalue weighted by Crippen LogP contribution is -1.95. The Hall–Kier alpha value is -2.69. The normalized spacial score (nSPS) is 11.0. The summed E-state index contributed by atoms with van der Waals surface area (Å²) in [6.07, 6.45) is 0. The molecular formula is C14H11N3O2. The molecule has 0 bridgehead atoms. The van der Waals surface area contributed by atoms with E-state index in [1.165, 1.54) is 12.1 Å². The van der Waals surface area contributed by atoms with Gasteiger partial charge in [-0.3, -0.25) is 10.1 Å². The second-order valence-corrected chi connectivity index (χ2v) is 4.50. The smallest absolute Gasteiger partial charge is 0.270 e. The highest BCUT2D eigenvalue weighted by atomic mass is 16.6. The van der Waals surface area contributed by atoms with Crippen molar-refractivity contribution in [3.8, 4) is 0 Å². The number of aromatic nitrogens is 1. The van der Waals surface area contributed by atoms with Crippen molar-refractivity contribution < 1.29 is 4.92 Å². The van der Waals surface area contributed by atoms with Gasteiger partial charge in [-0.05, 0) is 25.1 Å². The van der Waals surface area contributed by atoms with Gasteiger partial charge in [-0.25, -0.2) is 4.98 Å². The van der Waals surface area contributed by atoms with E-state index in [9.17, 15) is 10.1 Å². The largest absolute Gasteiger partial charge is 0.398 e. The molecule has 0 radical (unpaired) electrons. The van der Waals surface area contributed by atoms with E-state index < -0.39 is 4.92 Å². The maximum absolute atomic E-state index is 10.8. The quantitative estimate of drug-likeness (QED) is 0.410. The number of nitrogens with zero attached hydrogens (tertiary/aromatic N) is 2. The predicted molar refractivity (Wildman–Crippen MR) is 75.1 cm³/mol. The van der Waals surface area contributed by atoms with Crippen LogP contribution in [0.15, 0.2) is 36.4 Å². The molecule has 5 nitrogen and oxygen atoms in total. The Morgan fingerprint density at radius 2 is 1.74 bits per heavy atom. The van der Waals surface area contributed by atoms with Gasteiger partial charge in [-0.15, -0.1) is 0 Å². The lowest BCUT2D eigenvalue weighted by molar-refractivity contribution is -0.384. The van der Waals surface area contributed by atoms with Gasteiger partial charge in [0.1, 0.15) is 0 Å². The minimum atomic E-state index is -0.431. The van der Waals surface area contributed by atoms with E-state index in [4.69, 9.17) is 5.73 Å². The summed E-state index contributed by atoms with van der Waals surface area (Å²) in [5, 5.41) is 12.3. The lowest BCUT2D eigenvalue weighted by Gasteiger charge is -2.07. The fourth-order valence-corrected chi connectivity index (χ4v) is 2.19. The number of benzene rings is 2. The minimum Gasteiger partial charge on any atom is -0.398 e. The lowest BCUT2D eigenvalue weighted by atomic mass is 10.1. The van der Waals surface area contributed by atoms with Crippen molar-refractivity contribution >= 4 is 33.2 Å². The molecule has 19 heavy (non-hydrogen) atoms. The molecule has 3 rings (SSSR count). The van der Waals surface area contributed by atoms with Gasteiger partial charge < -0.3 is 5.73 Å². The summed E-state index contributed by atoms with van der Waals surface area (Å²) in [7, 11) is 0. The second-order valence-electron chi connectivity index (χ2n) is 4.50. The van der Waals surface area contributed by atoms with Crippen LogP contribution in [0.2, 0.25) is 0 Å². The van der Waals surface area contributed by atoms with E-state index in [0.717, 1.165) is 16.5 Å². The van der Waals surface area contributed by atoms with Crippen LogP contribution < -0.4 is 5.73 Å². The van der Waals surface area contributed by atoms with E-state index in [1.54, 1.807) is 6.07 Å². The van der Waals surface area contributed by atoms with Gasteiger partial charge in [0.15, 0.2) is 0 Å². The molecule has 0 aliphatic rings. The summed E-state index contributed by atoms with van der Waals surface area (Å²) in [4.78, 5) is 14.9. The summed E-state index contributed by atoms with van der Waals surface area (Å²) < 4.78 is 0. The van der Waals surface area contributed by atoms with Gasteiger partial charge in [0.05, 0.1) is 21.6 Å². The molecule has 0 saturated heterocycles. The van der Waals surface area contributed by atoms with Crippen molar-refractivity contribution in [2.45, 2.75) is 6.92 Å². The number of pyridine rings is 1. The monoisotopic (exact) mass is 253 g/mol. The average molecular weight is 253 g/mol. The van der Waals surface area contributed by atoms with E-state index in [1.807, 2.05) is 25.1 Å². The number of hydrogen-bond acceptors (Lipinski definition) is 4. The third-order valence-electron chi connectivity index (χ3n) is 3.16. The van der Waals surface area contributed by atoms with Crippen molar-refractivity contribution in [2.75, 3.05) is 5.73 Å². The molecular weight excluding hydrogens is 242 g/mol. The van der Waals surface area contributed by atoms with E-state index in [-0.39, 0.29) is 5.69 Å². The standard InChI is InChI=1S/C14H11N3O2/c1-8-2-4-12-10(6-8)14(15)11-7-9(17(18)19)3-5-13(11)16-12/h2-7H,1H3,(H2,15,16). The summed E-state index contributed by atoms with van der Waals surface area (Å²) in [5.74, 6) is 0. The first-order chi connectivity index (χ1) is 9.06. The summed E-state index contributed by atoms with van der Waals surface area (Å²) in [6.45, 7) is 1.97. The van der Waals surface area contributed by atoms with Crippen LogP contribution in [0.25, 0.3) is 21.8 Å². The van der Waals surface area contributed by atoms with E-state index in [2.05, 4.69) is 4.98 Å². The molecule has 0 fully saturated rings. The van der Waals surface area contributed by atoms with Gasteiger partial charge >= 0.3 is 0 Å². The molecule has 0 atom stereocenters. The Balaban J connectivity index is 2.44. The summed E-state index contributed by atoms with van der Waals surface area (Å²) >= 11 is 0. The fourth-order valence-electron chi connectivity index (χ4n) is 2.19. The number of nitrogens with two attached hydrogens (primary N) is 1. The predicted octanol–water partition coefficient (Wildman–Crippen LogP) is 3.19. The van der Waals surface area contributed by atoms with Crippen molar-refractivity contribution in [3.63, 3.8) is 0 Å². The van der Waals surface area contributed by atoms with Crippen LogP contribution in [0.1, 0.15) is 5.56 Å². The maximum Gasteiger partial charge on any atom is 0.270 e. The molecule has 5 heteroatoms. The maximum atomic E-state index is 10.8. The molecule has 0 aliphatic carbocycles. The van der Waals surface area contributed by atoms with Crippen molar-refractivity contribution in [1.82, 2.24) is 4.98 Å². The van der Waals surface area contributed by atoms with Gasteiger partial charge in [0, 0.05) is 22.9 Å². The fraction of sp³-hybridized carbons (Fsp3) is 0.0714. The number of fused-ring (bicyclic) bond motifs is 2. The number of rotatable bonds is 1. The highest BCUT2D eigenvalue weighted by molar-refractivity contribution is 6.07. The zero-order valence-electron chi connectivity index (χ0n) is 10.3. The van der Waals surface area contributed by atoms with Gasteiger partial charge in [0.2, 0.25) is 0 Å². The number of aryl methyl sites for hydroxylation is 1. The van der Waals surface area contributed by atoms with Gasteiger partial charge in [-0.1, -0.05) is 11.6 Å². The van der Waals surface area contributed by atoms with E-state index >= 15 is 0 Å². The summed E-state index contributed by atoms with van der Waals surface area (Å²) in [6, 6.07) is 10.3. The van der Waals surface area contributed by atoms with Crippen LogP contribution in [0.3, 0.4) is 0 Å². The molecule has 2 N–H and O–H groups in total. The Morgan fingerprint density at radius 3 is 2.42 bits per heavy atom. The molecule has 0 spiro atoms. The molecule has 0 aliphatic heterocycles. The Morgan fingerprint density at radius 1 is 1.11 bits per heavy atom. The Kier molecular flexibility index (Phi) is 2.35. The molecule has 1 heterocycles. The van der Waals surface area contributed by atoms with Crippen molar-refractivity contribution in [2.24, 2.45) is 0 Å². The molecule has 0 unspecified atom stereocenters. The first kappa shape index (κ1) is 11.4. The Bertz CT molecular complexity index is 828. The zero-order valence-corrected chi connectivity index (χ0v) is 10.3. The van der Waals surface area contributed by atoms with Crippen molar-refractivity contribution in [3.05, 3.63) is 52.1 Å². The zero-order chi connectivity index (χ0) is 13.6. The second kappa shape index (κ2) is 3.91. The van der Waals surface area contributed by atoms with Gasteiger partial charge in [0.25, 0.3) is 5.69 Å². The molecule has 0 amide bonds. The van der Waals surface area contributed by atoms with Crippen LogP contribution in [0.4, 0.5) is 11.4 Å². The molecule has 3 aromatic rings. The average Bonchev–Trinajstić information content (AvgIpc) is 2.39. The number of non-ortho nitro benzene ring substituents is 1. The number of nitro groups is 1. The van der Waals surface area contributed by atoms with Gasteiger partial charge in [-0.2, -0.15) is 0 Å². The number of nitrogen functional groups attached to an aromatic ring is 1. The number of anilines is 1. The van der Waals surface area contributed by atoms with Crippen LogP contribution in [-0.4, -0.2) is 9.91 Å². The van der Waals surface area contributed by atoms with E-state index in [0.29, 0.717) is 16.6 Å². The molecule has 2 aromatic carbocycles. The number of hydrogen-bond donors (Lipinski definition) is 1. The SMILES string of the molecule is Cc1ccc2nc3ccc([N+](=O)[O-])cc3c(N)c2c1. The van der Waals surface area contributed by atoms with Crippen LogP contribution >= 0.6 is 0 Å². The van der Waals surface area contributed by atoms with Crippen LogP contribution in [0, 0.1) is 17.0 Å². The minimum absolute atomic E-state index is 0.0213. The molecule has 0 saturated carbocycles. The van der Waals surface area contributed by atoms with Crippen LogP contribution in [-0.2, 0) is 0 Å². The summed E-state index contributed by atoms with van der Waals surface area (Å²) in [5.41, 5.74) is 9.22. The first-order valence-corrected chi connectivity index (χ1v) is 5.80. The third kappa shape index (κ3) is 1.76. The van der Waals surface area contributed by atoms with Crippen molar-refractivity contribution in [1.29, 1.82) is 0 Å².